The number of amides is 1. The molecule has 160 valence electrons. The number of carbonyl (C=O) groups is 1. The summed E-state index contributed by atoms with van der Waals surface area (Å²) in [5.41, 5.74) is 4.95. The van der Waals surface area contributed by atoms with Gasteiger partial charge in [-0.25, -0.2) is 13.2 Å². The van der Waals surface area contributed by atoms with Gasteiger partial charge in [0.2, 0.25) is 0 Å². The van der Waals surface area contributed by atoms with E-state index in [-0.39, 0.29) is 11.5 Å². The molecule has 0 unspecified atom stereocenters. The standard InChI is InChI=1S/C23H20F3N3O2/c1-28-22(14-9-18(24)21(26)19(25)10-14)16-5-7-29(11-20(16)27-28)23(30)15-4-2-3-13-6-8-31-12-17(13)15/h2-4,9-10H,5-8,11-12H2,1H3. The number of hydrogen-bond acceptors (Lipinski definition) is 3. The van der Waals surface area contributed by atoms with Crippen molar-refractivity contribution in [3.63, 3.8) is 0 Å². The van der Waals surface area contributed by atoms with Gasteiger partial charge in [0.1, 0.15) is 0 Å². The molecule has 31 heavy (non-hydrogen) atoms. The van der Waals surface area contributed by atoms with Crippen LogP contribution in [0.25, 0.3) is 11.3 Å². The van der Waals surface area contributed by atoms with Crippen LogP contribution >= 0.6 is 0 Å². The minimum absolute atomic E-state index is 0.0842. The van der Waals surface area contributed by atoms with E-state index < -0.39 is 17.5 Å². The van der Waals surface area contributed by atoms with E-state index >= 15 is 0 Å². The van der Waals surface area contributed by atoms with Gasteiger partial charge in [-0.05, 0) is 42.2 Å². The summed E-state index contributed by atoms with van der Waals surface area (Å²) in [6.07, 6.45) is 1.27. The second kappa shape index (κ2) is 7.53. The minimum Gasteiger partial charge on any atom is -0.376 e. The molecule has 3 aromatic rings. The summed E-state index contributed by atoms with van der Waals surface area (Å²) in [5.74, 6) is -4.06. The van der Waals surface area contributed by atoms with Crippen LogP contribution in [0, 0.1) is 17.5 Å². The number of rotatable bonds is 2. The molecule has 1 amide bonds. The van der Waals surface area contributed by atoms with Crippen molar-refractivity contribution in [2.75, 3.05) is 13.2 Å². The molecule has 8 heteroatoms. The zero-order chi connectivity index (χ0) is 21.7. The number of ether oxygens (including phenoxy) is 1. The van der Waals surface area contributed by atoms with E-state index in [1.54, 1.807) is 11.9 Å². The van der Waals surface area contributed by atoms with Gasteiger partial charge in [0.25, 0.3) is 5.91 Å². The van der Waals surface area contributed by atoms with E-state index in [1.807, 2.05) is 18.2 Å². The van der Waals surface area contributed by atoms with Crippen molar-refractivity contribution in [1.29, 1.82) is 0 Å². The van der Waals surface area contributed by atoms with Crippen molar-refractivity contribution >= 4 is 5.91 Å². The summed E-state index contributed by atoms with van der Waals surface area (Å²) in [4.78, 5) is 15.0. The molecular weight excluding hydrogens is 407 g/mol. The SMILES string of the molecule is Cn1nc2c(c1-c1cc(F)c(F)c(F)c1)CCN(C(=O)c1cccc3c1COCC3)C2. The van der Waals surface area contributed by atoms with Gasteiger partial charge >= 0.3 is 0 Å². The maximum atomic E-state index is 13.8. The van der Waals surface area contributed by atoms with Crippen LogP contribution in [0.2, 0.25) is 0 Å². The first-order chi connectivity index (χ1) is 14.9. The lowest BCUT2D eigenvalue weighted by molar-refractivity contribution is 0.0717. The quantitative estimate of drug-likeness (QED) is 0.585. The molecule has 2 aliphatic heterocycles. The van der Waals surface area contributed by atoms with E-state index in [4.69, 9.17) is 4.74 Å². The Morgan fingerprint density at radius 2 is 1.87 bits per heavy atom. The largest absolute Gasteiger partial charge is 0.376 e. The summed E-state index contributed by atoms with van der Waals surface area (Å²) in [6, 6.07) is 7.68. The molecule has 0 saturated carbocycles. The van der Waals surface area contributed by atoms with Crippen LogP contribution in [0.5, 0.6) is 0 Å². The third-order valence-corrected chi connectivity index (χ3v) is 6.01. The van der Waals surface area contributed by atoms with Gasteiger partial charge in [0, 0.05) is 30.3 Å². The fourth-order valence-electron chi connectivity index (χ4n) is 4.51. The number of fused-ring (bicyclic) bond motifs is 2. The normalized spacial score (nSPS) is 15.5. The molecule has 3 heterocycles. The lowest BCUT2D eigenvalue weighted by Gasteiger charge is -2.28. The topological polar surface area (TPSA) is 47.4 Å². The number of benzene rings is 2. The van der Waals surface area contributed by atoms with Crippen LogP contribution in [0.1, 0.15) is 32.7 Å². The first kappa shape index (κ1) is 19.8. The fraction of sp³-hybridized carbons (Fsp3) is 0.304. The second-order valence-corrected chi connectivity index (χ2v) is 7.87. The average molecular weight is 427 g/mol. The Balaban J connectivity index is 1.46. The van der Waals surface area contributed by atoms with Crippen LogP contribution in [0.4, 0.5) is 13.2 Å². The Bertz CT molecular complexity index is 1180. The van der Waals surface area contributed by atoms with Gasteiger partial charge in [0.15, 0.2) is 17.5 Å². The highest BCUT2D eigenvalue weighted by Gasteiger charge is 2.30. The molecule has 5 nitrogen and oxygen atoms in total. The van der Waals surface area contributed by atoms with Gasteiger partial charge in [-0.1, -0.05) is 12.1 Å². The average Bonchev–Trinajstić information content (AvgIpc) is 3.11. The van der Waals surface area contributed by atoms with Gasteiger partial charge in [-0.3, -0.25) is 9.48 Å². The first-order valence-electron chi connectivity index (χ1n) is 10.1. The molecule has 2 aromatic carbocycles. The first-order valence-corrected chi connectivity index (χ1v) is 10.1. The number of nitrogens with zero attached hydrogens (tertiary/aromatic N) is 3. The molecule has 0 atom stereocenters. The van der Waals surface area contributed by atoms with E-state index in [0.29, 0.717) is 49.7 Å². The number of carbonyl (C=O) groups excluding carboxylic acids is 1. The van der Waals surface area contributed by atoms with Gasteiger partial charge < -0.3 is 9.64 Å². The van der Waals surface area contributed by atoms with Crippen molar-refractivity contribution in [3.05, 3.63) is 75.7 Å². The highest BCUT2D eigenvalue weighted by atomic mass is 19.2. The zero-order valence-electron chi connectivity index (χ0n) is 16.9. The third kappa shape index (κ3) is 3.31. The molecule has 1 aromatic heterocycles. The van der Waals surface area contributed by atoms with Gasteiger partial charge in [-0.2, -0.15) is 5.10 Å². The van der Waals surface area contributed by atoms with E-state index in [9.17, 15) is 18.0 Å². The zero-order valence-corrected chi connectivity index (χ0v) is 16.9. The van der Waals surface area contributed by atoms with Crippen LogP contribution < -0.4 is 0 Å². The third-order valence-electron chi connectivity index (χ3n) is 6.01. The van der Waals surface area contributed by atoms with Crippen molar-refractivity contribution in [3.8, 4) is 11.3 Å². The Hall–Kier alpha value is -3.13. The Morgan fingerprint density at radius 3 is 2.65 bits per heavy atom. The highest BCUT2D eigenvalue weighted by molar-refractivity contribution is 5.96. The summed E-state index contributed by atoms with van der Waals surface area (Å²) >= 11 is 0. The van der Waals surface area contributed by atoms with Crippen molar-refractivity contribution < 1.29 is 22.7 Å². The summed E-state index contributed by atoms with van der Waals surface area (Å²) in [5, 5.41) is 4.48. The van der Waals surface area contributed by atoms with Crippen molar-refractivity contribution in [2.24, 2.45) is 7.05 Å². The van der Waals surface area contributed by atoms with Crippen LogP contribution in [-0.4, -0.2) is 33.7 Å². The molecule has 0 radical (unpaired) electrons. The maximum absolute atomic E-state index is 13.8. The van der Waals surface area contributed by atoms with Crippen LogP contribution in [0.3, 0.4) is 0 Å². The Morgan fingerprint density at radius 1 is 1.10 bits per heavy atom. The monoisotopic (exact) mass is 427 g/mol. The Labute approximate surface area is 177 Å². The fourth-order valence-corrected chi connectivity index (χ4v) is 4.51. The van der Waals surface area contributed by atoms with E-state index in [2.05, 4.69) is 5.10 Å². The summed E-state index contributed by atoms with van der Waals surface area (Å²) in [7, 11) is 1.67. The minimum atomic E-state index is -1.49. The lowest BCUT2D eigenvalue weighted by Crippen LogP contribution is -2.36. The van der Waals surface area contributed by atoms with Crippen LogP contribution in [0.15, 0.2) is 30.3 Å². The maximum Gasteiger partial charge on any atom is 0.254 e. The molecule has 0 aliphatic carbocycles. The molecule has 0 saturated heterocycles. The lowest BCUT2D eigenvalue weighted by atomic mass is 9.95. The molecule has 2 aliphatic rings. The number of hydrogen-bond donors (Lipinski definition) is 0. The van der Waals surface area contributed by atoms with E-state index in [1.165, 1.54) is 4.68 Å². The highest BCUT2D eigenvalue weighted by Crippen LogP contribution is 2.32. The number of aromatic nitrogens is 2. The smallest absolute Gasteiger partial charge is 0.254 e. The molecule has 0 bridgehead atoms. The number of aryl methyl sites for hydroxylation is 1. The molecule has 0 N–H and O–H groups in total. The van der Waals surface area contributed by atoms with Crippen molar-refractivity contribution in [1.82, 2.24) is 14.7 Å². The van der Waals surface area contributed by atoms with Gasteiger partial charge in [-0.15, -0.1) is 0 Å². The summed E-state index contributed by atoms with van der Waals surface area (Å²) < 4.78 is 48.0. The molecule has 0 fully saturated rings. The van der Waals surface area contributed by atoms with Gasteiger partial charge in [0.05, 0.1) is 31.1 Å². The number of halogens is 3. The summed E-state index contributed by atoms with van der Waals surface area (Å²) in [6.45, 7) is 1.81. The van der Waals surface area contributed by atoms with Crippen LogP contribution in [-0.2, 0) is 37.8 Å². The predicted octanol–water partition coefficient (Wildman–Crippen LogP) is 3.78. The Kier molecular flexibility index (Phi) is 4.81. The molecule has 0 spiro atoms. The molecule has 5 rings (SSSR count). The van der Waals surface area contributed by atoms with E-state index in [0.717, 1.165) is 35.2 Å². The second-order valence-electron chi connectivity index (χ2n) is 7.87. The predicted molar refractivity (Wildman–Crippen MR) is 107 cm³/mol. The molecular formula is C23H20F3N3O2. The van der Waals surface area contributed by atoms with Crippen molar-refractivity contribution in [2.45, 2.75) is 26.0 Å².